The molecule has 0 radical (unpaired) electrons. The smallest absolute Gasteiger partial charge is 0.0114 e. The summed E-state index contributed by atoms with van der Waals surface area (Å²) in [6.07, 6.45) is 12.9. The number of rotatable bonds is 5. The van der Waals surface area contributed by atoms with Crippen molar-refractivity contribution in [2.45, 2.75) is 46.0 Å². The Labute approximate surface area is 101 Å². The quantitative estimate of drug-likeness (QED) is 0.650. The van der Waals surface area contributed by atoms with Crippen molar-refractivity contribution >= 4 is 13.8 Å². The van der Waals surface area contributed by atoms with E-state index in [1.807, 2.05) is 0 Å². The van der Waals surface area contributed by atoms with Crippen molar-refractivity contribution in [1.82, 2.24) is 0 Å². The molecule has 1 aliphatic carbocycles. The Balaban J connectivity index is 2.29. The molecule has 0 unspecified atom stereocenters. The van der Waals surface area contributed by atoms with Crippen LogP contribution in [0.4, 0.5) is 0 Å². The van der Waals surface area contributed by atoms with Crippen LogP contribution in [0.5, 0.6) is 0 Å². The van der Waals surface area contributed by atoms with E-state index < -0.39 is 0 Å². The van der Waals surface area contributed by atoms with E-state index in [1.54, 1.807) is 22.0 Å². The monoisotopic (exact) mass is 231 g/mol. The van der Waals surface area contributed by atoms with Crippen molar-refractivity contribution in [3.63, 3.8) is 0 Å². The van der Waals surface area contributed by atoms with Crippen LogP contribution < -0.4 is 0 Å². The average Bonchev–Trinajstić information content (AvgIpc) is 2.89. The van der Waals surface area contributed by atoms with Crippen molar-refractivity contribution in [3.05, 3.63) is 40.4 Å². The minimum atomic E-state index is 1.14. The van der Waals surface area contributed by atoms with Gasteiger partial charge in [0.25, 0.3) is 0 Å². The fourth-order valence-corrected chi connectivity index (χ4v) is 3.68. The fraction of sp³-hybridized carbons (Fsp3) is 0.467. The summed E-state index contributed by atoms with van der Waals surface area (Å²) in [5.74, 6) is 2.43. The summed E-state index contributed by atoms with van der Waals surface area (Å²) in [6.45, 7) is 4.56. The predicted molar refractivity (Wildman–Crippen MR) is 74.3 cm³/mol. The van der Waals surface area contributed by atoms with Crippen LogP contribution in [0, 0.1) is 0 Å². The largest absolute Gasteiger partial charge is 0.523 e. The third-order valence-corrected chi connectivity index (χ3v) is 4.37. The Morgan fingerprint density at radius 3 is 2.62 bits per heavy atom. The van der Waals surface area contributed by atoms with Gasteiger partial charge in [-0.25, -0.2) is 5.80 Å². The van der Waals surface area contributed by atoms with E-state index in [0.29, 0.717) is 0 Å². The van der Waals surface area contributed by atoms with Crippen molar-refractivity contribution in [3.8, 4) is 0 Å². The first-order valence-electron chi connectivity index (χ1n) is 6.36. The lowest BCUT2D eigenvalue weighted by molar-refractivity contribution is 0.867. The van der Waals surface area contributed by atoms with Crippen molar-refractivity contribution < 1.29 is 0 Å². The number of hydrogen-bond donors (Lipinski definition) is 0. The van der Waals surface area contributed by atoms with Gasteiger partial charge in [-0.3, -0.25) is 0 Å². The maximum Gasteiger partial charge on any atom is -0.0114 e. The predicted octanol–water partition coefficient (Wildman–Crippen LogP) is 5.23. The molecule has 0 aromatic carbocycles. The van der Waals surface area contributed by atoms with Gasteiger partial charge in [-0.2, -0.15) is 5.30 Å². The highest BCUT2D eigenvalue weighted by Crippen LogP contribution is 2.37. The second kappa shape index (κ2) is 5.55. The first-order valence-corrected chi connectivity index (χ1v) is 7.32. The van der Waals surface area contributed by atoms with Crippen molar-refractivity contribution in [2.24, 2.45) is 0 Å². The summed E-state index contributed by atoms with van der Waals surface area (Å²) < 4.78 is 0. The minimum Gasteiger partial charge on any atom is -0.523 e. The lowest BCUT2D eigenvalue weighted by Crippen LogP contribution is -1.92. The topological polar surface area (TPSA) is 0 Å². The van der Waals surface area contributed by atoms with E-state index in [4.69, 9.17) is 0 Å². The van der Waals surface area contributed by atoms with Crippen molar-refractivity contribution in [1.29, 1.82) is 0 Å². The molecule has 0 bridgehead atoms. The first kappa shape index (κ1) is 11.7. The zero-order chi connectivity index (χ0) is 11.4. The maximum atomic E-state index is 2.43. The normalized spacial score (nSPS) is 15.0. The van der Waals surface area contributed by atoms with Crippen LogP contribution in [0.3, 0.4) is 0 Å². The highest BCUT2D eigenvalue weighted by molar-refractivity contribution is 7.31. The van der Waals surface area contributed by atoms with E-state index in [-0.39, 0.29) is 0 Å². The number of aryl methyl sites for hydroxylation is 1. The zero-order valence-electron chi connectivity index (χ0n) is 10.3. The van der Waals surface area contributed by atoms with Crippen LogP contribution in [-0.2, 0) is 12.8 Å². The minimum absolute atomic E-state index is 1.14. The van der Waals surface area contributed by atoms with Crippen LogP contribution in [0.25, 0.3) is 5.57 Å². The molecule has 0 atom stereocenters. The second-order valence-corrected chi connectivity index (χ2v) is 5.40. The molecule has 1 heteroatoms. The third-order valence-electron chi connectivity index (χ3n) is 3.12. The molecule has 0 fully saturated rings. The molecule has 0 saturated heterocycles. The van der Waals surface area contributed by atoms with Crippen LogP contribution in [0.2, 0.25) is 0 Å². The highest BCUT2D eigenvalue weighted by atomic mass is 31.0. The molecule has 0 spiro atoms. The van der Waals surface area contributed by atoms with Crippen LogP contribution in [0.1, 0.15) is 49.5 Å². The summed E-state index contributed by atoms with van der Waals surface area (Å²) in [4.78, 5) is 0. The summed E-state index contributed by atoms with van der Waals surface area (Å²) in [5.41, 5.74) is 4.82. The standard InChI is InChI=1S/C15H20P/c1-3-7-13-11-16-15(14(13)8-4-2)12-9-5-6-10-12/h5-6,9,11H,3-4,7-8,10H2,1-2H3/q-1. The van der Waals surface area contributed by atoms with Gasteiger partial charge in [0.1, 0.15) is 0 Å². The summed E-state index contributed by atoms with van der Waals surface area (Å²) in [6, 6.07) is 0. The molecule has 0 saturated carbocycles. The Hall–Kier alpha value is -0.740. The van der Waals surface area contributed by atoms with Crippen LogP contribution in [0.15, 0.2) is 24.0 Å². The molecule has 2 rings (SSSR count). The van der Waals surface area contributed by atoms with Crippen molar-refractivity contribution in [2.75, 3.05) is 0 Å². The lowest BCUT2D eigenvalue weighted by atomic mass is 9.99. The molecule has 1 aliphatic rings. The van der Waals surface area contributed by atoms with E-state index in [2.05, 4.69) is 37.9 Å². The maximum absolute atomic E-state index is 2.43. The molecule has 0 amide bonds. The van der Waals surface area contributed by atoms with Gasteiger partial charge in [0, 0.05) is 0 Å². The average molecular weight is 231 g/mol. The van der Waals surface area contributed by atoms with Crippen LogP contribution in [-0.4, -0.2) is 0 Å². The Bertz CT molecular complexity index is 407. The first-order chi connectivity index (χ1) is 7.86. The molecule has 0 nitrogen and oxygen atoms in total. The molecular weight excluding hydrogens is 211 g/mol. The van der Waals surface area contributed by atoms with Crippen LogP contribution >= 0.6 is 8.19 Å². The number of allylic oxidation sites excluding steroid dienone is 4. The lowest BCUT2D eigenvalue weighted by Gasteiger charge is -2.14. The van der Waals surface area contributed by atoms with Gasteiger partial charge in [-0.1, -0.05) is 61.6 Å². The van der Waals surface area contributed by atoms with Gasteiger partial charge in [0.05, 0.1) is 0 Å². The van der Waals surface area contributed by atoms with E-state index in [0.717, 1.165) is 6.42 Å². The fourth-order valence-electron chi connectivity index (χ4n) is 2.36. The summed E-state index contributed by atoms with van der Waals surface area (Å²) in [7, 11) is 1.43. The second-order valence-electron chi connectivity index (χ2n) is 4.43. The van der Waals surface area contributed by atoms with Gasteiger partial charge in [-0.15, -0.1) is 0 Å². The van der Waals surface area contributed by atoms with E-state index >= 15 is 0 Å². The Morgan fingerprint density at radius 1 is 1.19 bits per heavy atom. The third kappa shape index (κ3) is 2.33. The number of hydrogen-bond acceptors (Lipinski definition) is 0. The molecule has 16 heavy (non-hydrogen) atoms. The highest BCUT2D eigenvalue weighted by Gasteiger charge is 2.06. The van der Waals surface area contributed by atoms with Gasteiger partial charge < -0.3 is 8.19 Å². The molecular formula is C15H20P-. The molecule has 1 aromatic rings. The van der Waals surface area contributed by atoms with Gasteiger partial charge >= 0.3 is 0 Å². The van der Waals surface area contributed by atoms with Gasteiger partial charge in [0.15, 0.2) is 0 Å². The summed E-state index contributed by atoms with van der Waals surface area (Å²) >= 11 is 0. The molecule has 1 aromatic heterocycles. The zero-order valence-corrected chi connectivity index (χ0v) is 11.2. The summed E-state index contributed by atoms with van der Waals surface area (Å²) in [5, 5.41) is 1.61. The Morgan fingerprint density at radius 2 is 2.00 bits per heavy atom. The molecule has 0 N–H and O–H groups in total. The molecule has 0 aliphatic heterocycles. The molecule has 86 valence electrons. The van der Waals surface area contributed by atoms with E-state index in [1.165, 1.54) is 33.9 Å². The molecule has 1 heterocycles. The SMILES string of the molecule is CCCc1c[p-]c(C2=CC=CC2)c1CCC. The van der Waals surface area contributed by atoms with Gasteiger partial charge in [-0.05, 0) is 19.3 Å². The van der Waals surface area contributed by atoms with E-state index in [9.17, 15) is 0 Å². The Kier molecular flexibility index (Phi) is 4.07. The van der Waals surface area contributed by atoms with Gasteiger partial charge in [0.2, 0.25) is 0 Å².